The van der Waals surface area contributed by atoms with Crippen LogP contribution in [0.4, 0.5) is 10.5 Å². The van der Waals surface area contributed by atoms with Crippen LogP contribution in [-0.2, 0) is 14.3 Å². The van der Waals surface area contributed by atoms with E-state index in [4.69, 9.17) is 14.2 Å². The summed E-state index contributed by atoms with van der Waals surface area (Å²) >= 11 is 0. The molecule has 2 aromatic carbocycles. The number of nitrogens with zero attached hydrogens (tertiary/aromatic N) is 2. The van der Waals surface area contributed by atoms with Crippen LogP contribution in [-0.4, -0.2) is 54.5 Å². The van der Waals surface area contributed by atoms with Gasteiger partial charge in [0.25, 0.3) is 5.91 Å². The number of nitro groups is 1. The van der Waals surface area contributed by atoms with Crippen molar-refractivity contribution in [2.24, 2.45) is 5.10 Å². The highest BCUT2D eigenvalue weighted by atomic mass is 16.6. The molecule has 3 amide bonds. The third kappa shape index (κ3) is 6.54. The zero-order valence-corrected chi connectivity index (χ0v) is 20.6. The molecule has 14 nitrogen and oxygen atoms in total. The van der Waals surface area contributed by atoms with Crippen molar-refractivity contribution in [3.05, 3.63) is 68.9 Å². The summed E-state index contributed by atoms with van der Waals surface area (Å²) in [6, 6.07) is 7.02. The topological polar surface area (TPSA) is 191 Å². The standard InChI is InChI=1S/C24H25N5O9/c1-4-37-23(32)21-13(2)26-24(33)27-22(21)15-6-8-18(19(10-15)36-3)38-12-20(31)28-25-11-14-5-7-17(30)16(9-14)29(34)35/h5-11,22,30H,4,12H2,1-3H3,(H,28,31)(H2,26,27,33)/b25-11-/t22-/m0/s1. The zero-order chi connectivity index (χ0) is 27.8. The first-order valence-corrected chi connectivity index (χ1v) is 11.2. The average molecular weight is 527 g/mol. The number of hydrogen-bond donors (Lipinski definition) is 4. The number of allylic oxidation sites excluding steroid dienone is 1. The second-order valence-corrected chi connectivity index (χ2v) is 7.79. The molecule has 0 fully saturated rings. The summed E-state index contributed by atoms with van der Waals surface area (Å²) in [6.45, 7) is 2.98. The maximum Gasteiger partial charge on any atom is 0.338 e. The maximum atomic E-state index is 12.5. The van der Waals surface area contributed by atoms with E-state index in [0.29, 0.717) is 11.3 Å². The molecular weight excluding hydrogens is 502 g/mol. The molecule has 4 N–H and O–H groups in total. The molecule has 0 saturated carbocycles. The molecule has 0 bridgehead atoms. The number of rotatable bonds is 10. The van der Waals surface area contributed by atoms with Crippen molar-refractivity contribution < 1.29 is 38.6 Å². The summed E-state index contributed by atoms with van der Waals surface area (Å²) in [5, 5.41) is 29.3. The Hall–Kier alpha value is -5.14. The molecule has 38 heavy (non-hydrogen) atoms. The van der Waals surface area contributed by atoms with Gasteiger partial charge >= 0.3 is 17.7 Å². The van der Waals surface area contributed by atoms with E-state index in [9.17, 15) is 29.6 Å². The fourth-order valence-corrected chi connectivity index (χ4v) is 3.53. The van der Waals surface area contributed by atoms with Crippen LogP contribution in [0.15, 0.2) is 52.8 Å². The Bertz CT molecular complexity index is 1320. The number of carbonyl (C=O) groups is 3. The summed E-state index contributed by atoms with van der Waals surface area (Å²) in [7, 11) is 1.39. The molecule has 1 atom stereocenters. The first-order chi connectivity index (χ1) is 18.1. The minimum atomic E-state index is -0.806. The van der Waals surface area contributed by atoms with E-state index in [1.807, 2.05) is 0 Å². The van der Waals surface area contributed by atoms with Crippen LogP contribution < -0.4 is 25.5 Å². The summed E-state index contributed by atoms with van der Waals surface area (Å²) < 4.78 is 16.0. The van der Waals surface area contributed by atoms with Gasteiger partial charge in [-0.25, -0.2) is 15.0 Å². The van der Waals surface area contributed by atoms with Gasteiger partial charge in [-0.1, -0.05) is 6.07 Å². The minimum Gasteiger partial charge on any atom is -0.502 e. The molecule has 0 unspecified atom stereocenters. The van der Waals surface area contributed by atoms with Crippen LogP contribution in [0.25, 0.3) is 0 Å². The van der Waals surface area contributed by atoms with Crippen molar-refractivity contribution in [2.45, 2.75) is 19.9 Å². The average Bonchev–Trinajstić information content (AvgIpc) is 2.87. The zero-order valence-electron chi connectivity index (χ0n) is 20.6. The van der Waals surface area contributed by atoms with E-state index in [-0.39, 0.29) is 29.2 Å². The highest BCUT2D eigenvalue weighted by Gasteiger charge is 2.32. The van der Waals surface area contributed by atoms with Gasteiger partial charge in [-0.3, -0.25) is 14.9 Å². The van der Waals surface area contributed by atoms with Gasteiger partial charge in [-0.2, -0.15) is 5.10 Å². The monoisotopic (exact) mass is 527 g/mol. The van der Waals surface area contributed by atoms with Crippen LogP contribution in [0, 0.1) is 10.1 Å². The number of nitrogens with one attached hydrogen (secondary N) is 3. The van der Waals surface area contributed by atoms with Crippen LogP contribution in [0.2, 0.25) is 0 Å². The summed E-state index contributed by atoms with van der Waals surface area (Å²) in [5.74, 6) is -1.25. The number of phenols is 1. The Morgan fingerprint density at radius 2 is 2.00 bits per heavy atom. The van der Waals surface area contributed by atoms with Crippen molar-refractivity contribution in [3.8, 4) is 17.2 Å². The van der Waals surface area contributed by atoms with Crippen molar-refractivity contribution in [2.75, 3.05) is 20.3 Å². The number of aromatic hydroxyl groups is 1. The second-order valence-electron chi connectivity index (χ2n) is 7.79. The number of phenolic OH excluding ortho intramolecular Hbond substituents is 1. The van der Waals surface area contributed by atoms with E-state index < -0.39 is 46.9 Å². The quantitative estimate of drug-likeness (QED) is 0.155. The van der Waals surface area contributed by atoms with Gasteiger partial charge < -0.3 is 30.0 Å². The van der Waals surface area contributed by atoms with Gasteiger partial charge in [0.05, 0.1) is 36.5 Å². The molecule has 3 rings (SSSR count). The molecule has 14 heteroatoms. The third-order valence-electron chi connectivity index (χ3n) is 5.24. The number of nitro benzene ring substituents is 1. The van der Waals surface area contributed by atoms with E-state index in [1.165, 1.54) is 25.5 Å². The Balaban J connectivity index is 1.68. The number of benzene rings is 2. The number of carbonyl (C=O) groups excluding carboxylic acids is 3. The van der Waals surface area contributed by atoms with E-state index in [2.05, 4.69) is 21.2 Å². The molecule has 1 aliphatic heterocycles. The molecule has 0 spiro atoms. The molecule has 2 aromatic rings. The van der Waals surface area contributed by atoms with Crippen molar-refractivity contribution in [1.29, 1.82) is 0 Å². The Morgan fingerprint density at radius 3 is 2.68 bits per heavy atom. The first-order valence-electron chi connectivity index (χ1n) is 11.2. The summed E-state index contributed by atoms with van der Waals surface area (Å²) in [4.78, 5) is 46.9. The van der Waals surface area contributed by atoms with Crippen LogP contribution in [0.1, 0.15) is 31.0 Å². The lowest BCUT2D eigenvalue weighted by molar-refractivity contribution is -0.385. The first kappa shape index (κ1) is 27.4. The molecular formula is C24H25N5O9. The minimum absolute atomic E-state index is 0.160. The van der Waals surface area contributed by atoms with Crippen LogP contribution >= 0.6 is 0 Å². The fraction of sp³-hybridized carbons (Fsp3) is 0.250. The molecule has 0 radical (unpaired) electrons. The Kier molecular flexibility index (Phi) is 8.82. The number of hydrogen-bond acceptors (Lipinski definition) is 10. The summed E-state index contributed by atoms with van der Waals surface area (Å²) in [6.07, 6.45) is 1.17. The number of urea groups is 1. The van der Waals surface area contributed by atoms with E-state index in [0.717, 1.165) is 12.1 Å². The van der Waals surface area contributed by atoms with Gasteiger partial charge in [-0.15, -0.1) is 0 Å². The Morgan fingerprint density at radius 1 is 1.24 bits per heavy atom. The molecule has 0 aromatic heterocycles. The van der Waals surface area contributed by atoms with E-state index >= 15 is 0 Å². The molecule has 1 heterocycles. The number of methoxy groups -OCH3 is 1. The number of amides is 3. The summed E-state index contributed by atoms with van der Waals surface area (Å²) in [5.41, 5.74) is 3.12. The predicted octanol–water partition coefficient (Wildman–Crippen LogP) is 2.03. The van der Waals surface area contributed by atoms with Gasteiger partial charge in [0, 0.05) is 17.3 Å². The molecule has 200 valence electrons. The predicted molar refractivity (Wildman–Crippen MR) is 133 cm³/mol. The maximum absolute atomic E-state index is 12.5. The Labute approximate surface area is 216 Å². The van der Waals surface area contributed by atoms with Crippen LogP contribution in [0.5, 0.6) is 17.2 Å². The highest BCUT2D eigenvalue weighted by molar-refractivity contribution is 5.95. The second kappa shape index (κ2) is 12.2. The molecule has 1 aliphatic rings. The van der Waals surface area contributed by atoms with Crippen molar-refractivity contribution >= 4 is 29.8 Å². The molecule has 0 saturated heterocycles. The van der Waals surface area contributed by atoms with Crippen LogP contribution in [0.3, 0.4) is 0 Å². The number of esters is 1. The van der Waals surface area contributed by atoms with Crippen molar-refractivity contribution in [3.63, 3.8) is 0 Å². The molecule has 0 aliphatic carbocycles. The van der Waals surface area contributed by atoms with Gasteiger partial charge in [-0.05, 0) is 43.7 Å². The number of ether oxygens (including phenoxy) is 3. The smallest absolute Gasteiger partial charge is 0.338 e. The van der Waals surface area contributed by atoms with Gasteiger partial charge in [0.15, 0.2) is 23.9 Å². The SMILES string of the molecule is CCOC(=O)C1=C(C)NC(=O)N[C@H]1c1ccc(OCC(=O)N/N=C\c2ccc(O)c([N+](=O)[O-])c2)c(OC)c1. The van der Waals surface area contributed by atoms with Gasteiger partial charge in [0.2, 0.25) is 0 Å². The van der Waals surface area contributed by atoms with Gasteiger partial charge in [0.1, 0.15) is 0 Å². The van der Waals surface area contributed by atoms with Crippen molar-refractivity contribution in [1.82, 2.24) is 16.1 Å². The lowest BCUT2D eigenvalue weighted by atomic mass is 9.95. The fourth-order valence-electron chi connectivity index (χ4n) is 3.53. The lowest BCUT2D eigenvalue weighted by Crippen LogP contribution is -2.45. The highest BCUT2D eigenvalue weighted by Crippen LogP contribution is 2.34. The lowest BCUT2D eigenvalue weighted by Gasteiger charge is -2.28. The third-order valence-corrected chi connectivity index (χ3v) is 5.24. The number of hydrazone groups is 1. The normalized spacial score (nSPS) is 14.9. The van der Waals surface area contributed by atoms with E-state index in [1.54, 1.807) is 26.0 Å². The largest absolute Gasteiger partial charge is 0.502 e.